The van der Waals surface area contributed by atoms with Crippen molar-refractivity contribution < 1.29 is 5.11 Å². The molecule has 1 N–H and O–H groups in total. The number of aromatic nitrogens is 4. The normalized spacial score (nSPS) is 28.6. The fourth-order valence-corrected chi connectivity index (χ4v) is 4.62. The molecule has 2 aliphatic rings. The van der Waals surface area contributed by atoms with E-state index in [0.29, 0.717) is 24.9 Å². The van der Waals surface area contributed by atoms with E-state index in [1.54, 1.807) is 6.07 Å². The van der Waals surface area contributed by atoms with Crippen molar-refractivity contribution in [2.24, 2.45) is 0 Å². The first-order valence-corrected chi connectivity index (χ1v) is 9.50. The highest BCUT2D eigenvalue weighted by molar-refractivity contribution is 5.09. The molecule has 4 rings (SSSR count). The Balaban J connectivity index is 1.48. The molecule has 0 spiro atoms. The predicted octanol–water partition coefficient (Wildman–Crippen LogP) is 1.33. The second kappa shape index (κ2) is 6.63. The van der Waals surface area contributed by atoms with Crippen LogP contribution in [-0.2, 0) is 19.6 Å². The van der Waals surface area contributed by atoms with Gasteiger partial charge in [0.25, 0.3) is 5.56 Å². The molecule has 4 heterocycles. The van der Waals surface area contributed by atoms with Gasteiger partial charge in [-0.05, 0) is 45.6 Å². The molecule has 7 heteroatoms. The Hall–Kier alpha value is -1.99. The number of aryl methyl sites for hydroxylation is 2. The van der Waals surface area contributed by atoms with Crippen LogP contribution in [0.3, 0.4) is 0 Å². The number of aliphatic hydroxyl groups is 1. The molecule has 26 heavy (non-hydrogen) atoms. The molecule has 1 unspecified atom stereocenters. The van der Waals surface area contributed by atoms with Gasteiger partial charge in [0.1, 0.15) is 0 Å². The Bertz CT molecular complexity index is 828. The molecule has 3 atom stereocenters. The molecule has 2 bridgehead atoms. The van der Waals surface area contributed by atoms with Gasteiger partial charge in [-0.2, -0.15) is 10.2 Å². The van der Waals surface area contributed by atoms with E-state index in [4.69, 9.17) is 0 Å². The van der Waals surface area contributed by atoms with Crippen molar-refractivity contribution in [2.45, 2.75) is 76.8 Å². The largest absolute Gasteiger partial charge is 0.388 e. The van der Waals surface area contributed by atoms with Crippen molar-refractivity contribution in [1.82, 2.24) is 24.5 Å². The third kappa shape index (κ3) is 3.33. The van der Waals surface area contributed by atoms with Gasteiger partial charge < -0.3 is 5.11 Å². The van der Waals surface area contributed by atoms with Crippen LogP contribution in [-0.4, -0.2) is 47.3 Å². The zero-order valence-corrected chi connectivity index (χ0v) is 15.5. The summed E-state index contributed by atoms with van der Waals surface area (Å²) in [5.74, 6) is 0. The molecule has 2 saturated heterocycles. The van der Waals surface area contributed by atoms with Crippen molar-refractivity contribution in [3.8, 4) is 0 Å². The van der Waals surface area contributed by atoms with Gasteiger partial charge in [0.2, 0.25) is 0 Å². The van der Waals surface area contributed by atoms with E-state index in [1.165, 1.54) is 16.3 Å². The van der Waals surface area contributed by atoms with E-state index in [9.17, 15) is 9.90 Å². The van der Waals surface area contributed by atoms with Gasteiger partial charge in [0.05, 0.1) is 24.0 Å². The summed E-state index contributed by atoms with van der Waals surface area (Å²) >= 11 is 0. The molecule has 2 fully saturated rings. The zero-order chi connectivity index (χ0) is 18.3. The van der Waals surface area contributed by atoms with Gasteiger partial charge >= 0.3 is 0 Å². The summed E-state index contributed by atoms with van der Waals surface area (Å²) in [5, 5.41) is 19.9. The van der Waals surface area contributed by atoms with Crippen molar-refractivity contribution >= 4 is 0 Å². The van der Waals surface area contributed by atoms with Crippen LogP contribution >= 0.6 is 0 Å². The van der Waals surface area contributed by atoms with Crippen LogP contribution in [0.4, 0.5) is 0 Å². The Morgan fingerprint density at radius 2 is 2.00 bits per heavy atom. The molecular formula is C19H27N5O2. The maximum atomic E-state index is 12.1. The monoisotopic (exact) mass is 357 g/mol. The molecule has 140 valence electrons. The minimum Gasteiger partial charge on any atom is -0.388 e. The van der Waals surface area contributed by atoms with E-state index in [-0.39, 0.29) is 12.1 Å². The van der Waals surface area contributed by atoms with Crippen LogP contribution in [0, 0.1) is 6.92 Å². The quantitative estimate of drug-likeness (QED) is 0.874. The van der Waals surface area contributed by atoms with Crippen LogP contribution in [0.15, 0.2) is 29.3 Å². The van der Waals surface area contributed by atoms with Crippen molar-refractivity contribution in [2.75, 3.05) is 0 Å². The molecule has 0 amide bonds. The van der Waals surface area contributed by atoms with Crippen molar-refractivity contribution in [3.63, 3.8) is 0 Å². The lowest BCUT2D eigenvalue weighted by Gasteiger charge is -2.43. The summed E-state index contributed by atoms with van der Waals surface area (Å²) in [5.41, 5.74) is 1.01. The highest BCUT2D eigenvalue weighted by Crippen LogP contribution is 2.42. The average Bonchev–Trinajstić information content (AvgIpc) is 3.15. The maximum absolute atomic E-state index is 12.1. The Morgan fingerprint density at radius 3 is 2.65 bits per heavy atom. The zero-order valence-electron chi connectivity index (χ0n) is 15.5. The van der Waals surface area contributed by atoms with E-state index < -0.39 is 5.60 Å². The minimum absolute atomic E-state index is 0.147. The van der Waals surface area contributed by atoms with Crippen molar-refractivity contribution in [3.05, 3.63) is 46.1 Å². The second-order valence-electron chi connectivity index (χ2n) is 7.86. The smallest absolute Gasteiger partial charge is 0.266 e. The van der Waals surface area contributed by atoms with E-state index in [0.717, 1.165) is 31.6 Å². The fraction of sp³-hybridized carbons (Fsp3) is 0.632. The summed E-state index contributed by atoms with van der Waals surface area (Å²) in [6, 6.07) is 3.94. The van der Waals surface area contributed by atoms with Gasteiger partial charge in [0.15, 0.2) is 0 Å². The van der Waals surface area contributed by atoms with Gasteiger partial charge in [-0.3, -0.25) is 14.4 Å². The lowest BCUT2D eigenvalue weighted by atomic mass is 9.85. The number of hydrogen-bond donors (Lipinski definition) is 1. The Kier molecular flexibility index (Phi) is 4.44. The lowest BCUT2D eigenvalue weighted by molar-refractivity contribution is -0.0677. The summed E-state index contributed by atoms with van der Waals surface area (Å²) < 4.78 is 3.38. The number of piperidine rings is 1. The third-order valence-electron chi connectivity index (χ3n) is 5.82. The first kappa shape index (κ1) is 17.4. The predicted molar refractivity (Wildman–Crippen MR) is 97.7 cm³/mol. The SMILES string of the molecule is CCn1cc(CN2[C@@H]3CC[C@H]2CC(O)(Cn2nc(C)ccc2=O)C3)cn1. The van der Waals surface area contributed by atoms with E-state index in [2.05, 4.69) is 28.2 Å². The highest BCUT2D eigenvalue weighted by Gasteiger charge is 2.47. The lowest BCUT2D eigenvalue weighted by Crippen LogP contribution is -2.53. The van der Waals surface area contributed by atoms with Crippen molar-refractivity contribution in [1.29, 1.82) is 0 Å². The molecule has 0 radical (unpaired) electrons. The topological polar surface area (TPSA) is 76.2 Å². The van der Waals surface area contributed by atoms with E-state index >= 15 is 0 Å². The van der Waals surface area contributed by atoms with Crippen LogP contribution < -0.4 is 5.56 Å². The summed E-state index contributed by atoms with van der Waals surface area (Å²) in [7, 11) is 0. The van der Waals surface area contributed by atoms with Crippen LogP contribution in [0.25, 0.3) is 0 Å². The van der Waals surface area contributed by atoms with Crippen LogP contribution in [0.2, 0.25) is 0 Å². The fourth-order valence-electron chi connectivity index (χ4n) is 4.62. The third-order valence-corrected chi connectivity index (χ3v) is 5.82. The first-order valence-electron chi connectivity index (χ1n) is 9.50. The molecule has 7 nitrogen and oxygen atoms in total. The molecule has 2 aromatic heterocycles. The standard InChI is InChI=1S/C19H27N5O2/c1-3-22-11-15(10-20-22)12-23-16-5-6-17(23)9-19(26,8-16)13-24-18(25)7-4-14(2)21-24/h4,7,10-11,16-17,26H,3,5-6,8-9,12-13H2,1-2H3/t16-,17+,19?. The van der Waals surface area contributed by atoms with Gasteiger partial charge in [-0.25, -0.2) is 4.68 Å². The average molecular weight is 357 g/mol. The molecule has 0 aromatic carbocycles. The molecular weight excluding hydrogens is 330 g/mol. The molecule has 2 aliphatic heterocycles. The first-order chi connectivity index (χ1) is 12.5. The minimum atomic E-state index is -0.861. The summed E-state index contributed by atoms with van der Waals surface area (Å²) in [6.07, 6.45) is 7.63. The number of nitrogens with zero attached hydrogens (tertiary/aromatic N) is 5. The Labute approximate surface area is 153 Å². The van der Waals surface area contributed by atoms with E-state index in [1.807, 2.05) is 17.8 Å². The number of rotatable bonds is 5. The summed E-state index contributed by atoms with van der Waals surface area (Å²) in [6.45, 7) is 5.99. The highest BCUT2D eigenvalue weighted by atomic mass is 16.3. The molecule has 0 saturated carbocycles. The maximum Gasteiger partial charge on any atom is 0.266 e. The van der Waals surface area contributed by atoms with Crippen LogP contribution in [0.1, 0.15) is 43.9 Å². The molecule has 2 aromatic rings. The number of hydrogen-bond acceptors (Lipinski definition) is 5. The van der Waals surface area contributed by atoms with Gasteiger partial charge in [0, 0.05) is 43.0 Å². The van der Waals surface area contributed by atoms with Gasteiger partial charge in [-0.1, -0.05) is 0 Å². The Morgan fingerprint density at radius 1 is 1.27 bits per heavy atom. The van der Waals surface area contributed by atoms with Gasteiger partial charge in [-0.15, -0.1) is 0 Å². The summed E-state index contributed by atoms with van der Waals surface area (Å²) in [4.78, 5) is 14.6. The van der Waals surface area contributed by atoms with Crippen LogP contribution in [0.5, 0.6) is 0 Å². The second-order valence-corrected chi connectivity index (χ2v) is 7.86. The molecule has 0 aliphatic carbocycles. The number of fused-ring (bicyclic) bond motifs is 2.